The van der Waals surface area contributed by atoms with Gasteiger partial charge in [-0.25, -0.2) is 18.7 Å². The largest absolute Gasteiger partial charge is 0.389 e. The van der Waals surface area contributed by atoms with E-state index in [9.17, 15) is 23.5 Å². The minimum atomic E-state index is -2.83. The van der Waals surface area contributed by atoms with Crippen molar-refractivity contribution in [2.45, 2.75) is 90.3 Å². The van der Waals surface area contributed by atoms with E-state index in [0.29, 0.717) is 18.3 Å². The van der Waals surface area contributed by atoms with Gasteiger partial charge in [-0.15, -0.1) is 11.3 Å². The number of halogens is 2. The molecule has 2 aromatic heterocycles. The summed E-state index contributed by atoms with van der Waals surface area (Å²) in [6.45, 7) is 9.61. The number of aromatic nitrogens is 2. The Kier molecular flexibility index (Phi) is 8.09. The molecular formula is C27H37F2N5O3S. The first-order valence-corrected chi connectivity index (χ1v) is 14.0. The Morgan fingerprint density at radius 3 is 2.53 bits per heavy atom. The summed E-state index contributed by atoms with van der Waals surface area (Å²) in [7, 11) is 0. The van der Waals surface area contributed by atoms with E-state index in [4.69, 9.17) is 0 Å². The molecule has 38 heavy (non-hydrogen) atoms. The van der Waals surface area contributed by atoms with Gasteiger partial charge in [0.25, 0.3) is 18.2 Å². The standard InChI is InChI=1S/C27H37F2N5O3S/c1-15-8-6-7-11-34(15)25(36)20-21(38-24(32-20)23(35)31-14-26(2,3)37)18-13-30-19(12-17(18)22(28)29)33-27(4,5)16-9-10-16/h12-13,15-16,22,37H,6-11,14H2,1-5H3,(H,30,33)(H,31,35)/t15-/m0/s1. The number of hydrogen-bond acceptors (Lipinski definition) is 7. The van der Waals surface area contributed by atoms with Crippen LogP contribution >= 0.6 is 11.3 Å². The summed E-state index contributed by atoms with van der Waals surface area (Å²) in [4.78, 5) is 37.2. The second-order valence-corrected chi connectivity index (χ2v) is 12.6. The summed E-state index contributed by atoms with van der Waals surface area (Å²) in [5.74, 6) is -0.172. The maximum Gasteiger partial charge on any atom is 0.280 e. The molecule has 2 aliphatic rings. The monoisotopic (exact) mass is 549 g/mol. The molecule has 11 heteroatoms. The number of hydrogen-bond donors (Lipinski definition) is 3. The Labute approximate surface area is 226 Å². The number of alkyl halides is 2. The van der Waals surface area contributed by atoms with Gasteiger partial charge in [-0.2, -0.15) is 0 Å². The molecule has 1 saturated carbocycles. The maximum absolute atomic E-state index is 14.4. The number of likely N-dealkylation sites (tertiary alicyclic amines) is 1. The molecule has 2 amide bonds. The third kappa shape index (κ3) is 6.48. The summed E-state index contributed by atoms with van der Waals surface area (Å²) in [6.07, 6.45) is 3.36. The SMILES string of the molecule is C[C@H]1CCCCN1C(=O)c1nc(C(=O)NCC(C)(C)O)sc1-c1cnc(NC(C)(C)C2CC2)cc1C(F)F. The molecule has 1 saturated heterocycles. The van der Waals surface area contributed by atoms with Crippen molar-refractivity contribution in [1.29, 1.82) is 0 Å². The fraction of sp³-hybridized carbons (Fsp3) is 0.630. The number of pyridine rings is 1. The molecule has 1 aliphatic carbocycles. The Hall–Kier alpha value is -2.66. The van der Waals surface area contributed by atoms with Crippen LogP contribution in [0.1, 0.15) is 99.0 Å². The van der Waals surface area contributed by atoms with Crippen molar-refractivity contribution in [2.75, 3.05) is 18.4 Å². The van der Waals surface area contributed by atoms with E-state index in [1.165, 1.54) is 12.3 Å². The summed E-state index contributed by atoms with van der Waals surface area (Å²) in [5.41, 5.74) is -1.65. The molecule has 2 fully saturated rings. The Morgan fingerprint density at radius 1 is 1.21 bits per heavy atom. The first kappa shape index (κ1) is 28.4. The van der Waals surface area contributed by atoms with Crippen molar-refractivity contribution in [2.24, 2.45) is 5.92 Å². The minimum Gasteiger partial charge on any atom is -0.389 e. The van der Waals surface area contributed by atoms with Crippen LogP contribution in [0.2, 0.25) is 0 Å². The highest BCUT2D eigenvalue weighted by atomic mass is 32.1. The van der Waals surface area contributed by atoms with Gasteiger partial charge >= 0.3 is 0 Å². The van der Waals surface area contributed by atoms with Crippen LogP contribution in [0.25, 0.3) is 10.4 Å². The van der Waals surface area contributed by atoms with Crippen molar-refractivity contribution in [3.8, 4) is 10.4 Å². The van der Waals surface area contributed by atoms with Crippen molar-refractivity contribution in [3.63, 3.8) is 0 Å². The minimum absolute atomic E-state index is 0.0257. The molecule has 1 atom stereocenters. The lowest BCUT2D eigenvalue weighted by Crippen LogP contribution is -2.42. The fourth-order valence-electron chi connectivity index (χ4n) is 4.80. The summed E-state index contributed by atoms with van der Waals surface area (Å²) in [6, 6.07) is 1.30. The number of carbonyl (C=O) groups is 2. The molecule has 3 N–H and O–H groups in total. The lowest BCUT2D eigenvalue weighted by molar-refractivity contribution is 0.0630. The molecular weight excluding hydrogens is 512 g/mol. The topological polar surface area (TPSA) is 107 Å². The highest BCUT2D eigenvalue weighted by Crippen LogP contribution is 2.42. The average molecular weight is 550 g/mol. The molecule has 8 nitrogen and oxygen atoms in total. The molecule has 0 spiro atoms. The molecule has 1 aliphatic heterocycles. The quantitative estimate of drug-likeness (QED) is 0.394. The first-order valence-electron chi connectivity index (χ1n) is 13.2. The van der Waals surface area contributed by atoms with Crippen molar-refractivity contribution < 1.29 is 23.5 Å². The van der Waals surface area contributed by atoms with Crippen molar-refractivity contribution in [1.82, 2.24) is 20.2 Å². The predicted molar refractivity (Wildman–Crippen MR) is 144 cm³/mol. The van der Waals surface area contributed by atoms with Crippen molar-refractivity contribution in [3.05, 3.63) is 28.5 Å². The number of aliphatic hydroxyl groups is 1. The van der Waals surface area contributed by atoms with E-state index in [0.717, 1.165) is 43.4 Å². The van der Waals surface area contributed by atoms with Gasteiger partial charge in [0.2, 0.25) is 0 Å². The van der Waals surface area contributed by atoms with Gasteiger partial charge in [-0.05, 0) is 78.7 Å². The number of nitrogens with one attached hydrogen (secondary N) is 2. The Bertz CT molecular complexity index is 1190. The van der Waals surface area contributed by atoms with Crippen LogP contribution in [0.3, 0.4) is 0 Å². The zero-order valence-electron chi connectivity index (χ0n) is 22.6. The number of thiazole rings is 1. The number of piperidine rings is 1. The second-order valence-electron chi connectivity index (χ2n) is 11.6. The average Bonchev–Trinajstić information content (AvgIpc) is 3.62. The Balaban J connectivity index is 1.74. The Morgan fingerprint density at radius 2 is 1.92 bits per heavy atom. The maximum atomic E-state index is 14.4. The van der Waals surface area contributed by atoms with Gasteiger partial charge in [0.1, 0.15) is 11.5 Å². The summed E-state index contributed by atoms with van der Waals surface area (Å²) in [5, 5.41) is 15.8. The second kappa shape index (κ2) is 10.8. The zero-order valence-corrected chi connectivity index (χ0v) is 23.4. The van der Waals surface area contributed by atoms with Gasteiger partial charge in [-0.1, -0.05) is 0 Å². The molecule has 208 valence electrons. The van der Waals surface area contributed by atoms with Crippen LogP contribution in [-0.2, 0) is 0 Å². The predicted octanol–water partition coefficient (Wildman–Crippen LogP) is 5.26. The molecule has 0 bridgehead atoms. The number of rotatable bonds is 9. The van der Waals surface area contributed by atoms with E-state index < -0.39 is 17.9 Å². The van der Waals surface area contributed by atoms with E-state index in [1.807, 2.05) is 20.8 Å². The highest BCUT2D eigenvalue weighted by Gasteiger charge is 2.38. The van der Waals surface area contributed by atoms with Crippen LogP contribution in [0, 0.1) is 5.92 Å². The van der Waals surface area contributed by atoms with Crippen LogP contribution < -0.4 is 10.6 Å². The number of carbonyl (C=O) groups excluding carboxylic acids is 2. The van der Waals surface area contributed by atoms with Crippen LogP contribution in [0.15, 0.2) is 12.3 Å². The van der Waals surface area contributed by atoms with Crippen LogP contribution in [-0.4, -0.2) is 62.1 Å². The fourth-order valence-corrected chi connectivity index (χ4v) is 5.80. The normalized spacial score (nSPS) is 18.6. The van der Waals surface area contributed by atoms with E-state index in [2.05, 4.69) is 20.6 Å². The molecule has 0 aromatic carbocycles. The van der Waals surface area contributed by atoms with Gasteiger partial charge in [0.05, 0.1) is 10.5 Å². The van der Waals surface area contributed by atoms with Crippen LogP contribution in [0.5, 0.6) is 0 Å². The number of nitrogens with zero attached hydrogens (tertiary/aromatic N) is 3. The number of anilines is 1. The van der Waals surface area contributed by atoms with Gasteiger partial charge in [0, 0.05) is 42.0 Å². The van der Waals surface area contributed by atoms with Crippen molar-refractivity contribution >= 4 is 29.0 Å². The molecule has 3 heterocycles. The molecule has 2 aromatic rings. The van der Waals surface area contributed by atoms with Gasteiger partial charge < -0.3 is 20.6 Å². The summed E-state index contributed by atoms with van der Waals surface area (Å²) < 4.78 is 28.8. The lowest BCUT2D eigenvalue weighted by Gasteiger charge is -2.33. The smallest absolute Gasteiger partial charge is 0.280 e. The van der Waals surface area contributed by atoms with E-state index in [1.54, 1.807) is 18.7 Å². The van der Waals surface area contributed by atoms with Crippen LogP contribution in [0.4, 0.5) is 14.6 Å². The molecule has 0 unspecified atom stereocenters. The third-order valence-corrected chi connectivity index (χ3v) is 8.32. The number of amides is 2. The molecule has 4 rings (SSSR count). The lowest BCUT2D eigenvalue weighted by atomic mass is 9.98. The van der Waals surface area contributed by atoms with E-state index >= 15 is 0 Å². The highest BCUT2D eigenvalue weighted by molar-refractivity contribution is 7.17. The summed E-state index contributed by atoms with van der Waals surface area (Å²) >= 11 is 0.884. The van der Waals surface area contributed by atoms with Gasteiger partial charge in [0.15, 0.2) is 5.01 Å². The van der Waals surface area contributed by atoms with Gasteiger partial charge in [-0.3, -0.25) is 9.59 Å². The van der Waals surface area contributed by atoms with E-state index in [-0.39, 0.29) is 50.7 Å². The zero-order chi connectivity index (χ0) is 27.8. The third-order valence-electron chi connectivity index (χ3n) is 7.23. The first-order chi connectivity index (χ1) is 17.8. The molecule has 0 radical (unpaired) electrons.